The summed E-state index contributed by atoms with van der Waals surface area (Å²) in [5.74, 6) is -2.98. The Morgan fingerprint density at radius 2 is 2.00 bits per heavy atom. The normalized spacial score (nSPS) is 11.8. The summed E-state index contributed by atoms with van der Waals surface area (Å²) in [6.45, 7) is 0. The molecule has 0 spiro atoms. The lowest BCUT2D eigenvalue weighted by atomic mass is 10.1. The van der Waals surface area contributed by atoms with E-state index < -0.39 is 53.8 Å². The number of ether oxygens (including phenoxy) is 1. The van der Waals surface area contributed by atoms with E-state index in [9.17, 15) is 26.7 Å². The fraction of sp³-hybridized carbons (Fsp3) is 0.400. The van der Waals surface area contributed by atoms with Crippen molar-refractivity contribution in [3.63, 3.8) is 0 Å². The van der Waals surface area contributed by atoms with Crippen LogP contribution in [0, 0.1) is 0 Å². The molecule has 0 saturated carbocycles. The number of hydrogen-bond donors (Lipinski definition) is 1. The van der Waals surface area contributed by atoms with Gasteiger partial charge in [-0.25, -0.2) is 8.78 Å². The molecule has 0 radical (unpaired) electrons. The zero-order valence-corrected chi connectivity index (χ0v) is 10.3. The lowest BCUT2D eigenvalue weighted by Gasteiger charge is -2.15. The van der Waals surface area contributed by atoms with E-state index >= 15 is 0 Å². The number of alkyl halides is 6. The molecule has 0 amide bonds. The van der Waals surface area contributed by atoms with E-state index in [0.717, 1.165) is 0 Å². The molecule has 112 valence electrons. The Bertz CT molecular complexity index is 506. The Labute approximate surface area is 114 Å². The molecule has 0 aliphatic heterocycles. The fourth-order valence-corrected chi connectivity index (χ4v) is 1.56. The topological polar surface area (TPSA) is 59.4 Å². The molecule has 0 unspecified atom stereocenters. The number of aromatic nitrogens is 1. The van der Waals surface area contributed by atoms with Gasteiger partial charge in [-0.2, -0.15) is 0 Å². The molecule has 0 aliphatic rings. The van der Waals surface area contributed by atoms with Crippen LogP contribution in [0.1, 0.15) is 23.4 Å². The number of carbonyl (C=O) groups is 1. The molecule has 0 atom stereocenters. The van der Waals surface area contributed by atoms with E-state index in [1.165, 1.54) is 0 Å². The molecule has 4 nitrogen and oxygen atoms in total. The van der Waals surface area contributed by atoms with Crippen molar-refractivity contribution >= 4 is 17.6 Å². The first-order chi connectivity index (χ1) is 9.14. The van der Waals surface area contributed by atoms with Crippen LogP contribution in [0.2, 0.25) is 0 Å². The summed E-state index contributed by atoms with van der Waals surface area (Å²) in [5.41, 5.74) is -1.97. The van der Waals surface area contributed by atoms with Crippen molar-refractivity contribution in [2.45, 2.75) is 25.1 Å². The maximum atomic E-state index is 12.7. The van der Waals surface area contributed by atoms with Gasteiger partial charge in [0.1, 0.15) is 0 Å². The third-order valence-corrected chi connectivity index (χ3v) is 2.33. The number of carboxylic acid groups (broad SMARTS) is 1. The summed E-state index contributed by atoms with van der Waals surface area (Å²) in [4.78, 5) is 13.9. The summed E-state index contributed by atoms with van der Waals surface area (Å²) in [6.07, 6.45) is -9.16. The van der Waals surface area contributed by atoms with Crippen molar-refractivity contribution in [1.29, 1.82) is 0 Å². The maximum Gasteiger partial charge on any atom is 0.573 e. The van der Waals surface area contributed by atoms with Gasteiger partial charge in [0, 0.05) is 5.56 Å². The van der Waals surface area contributed by atoms with Crippen molar-refractivity contribution in [1.82, 2.24) is 4.98 Å². The van der Waals surface area contributed by atoms with Crippen LogP contribution in [-0.4, -0.2) is 22.4 Å². The molecule has 0 saturated heterocycles. The summed E-state index contributed by atoms with van der Waals surface area (Å²) in [6, 6.07) is 0.404. The molecule has 1 aromatic heterocycles. The Morgan fingerprint density at radius 3 is 2.40 bits per heavy atom. The van der Waals surface area contributed by atoms with Gasteiger partial charge < -0.3 is 9.84 Å². The molecule has 10 heteroatoms. The summed E-state index contributed by atoms with van der Waals surface area (Å²) < 4.78 is 65.4. The van der Waals surface area contributed by atoms with Gasteiger partial charge in [-0.15, -0.1) is 24.8 Å². The smallest absolute Gasteiger partial charge is 0.481 e. The Balaban J connectivity index is 3.32. The van der Waals surface area contributed by atoms with Crippen LogP contribution in [-0.2, 0) is 17.1 Å². The third-order valence-electron chi connectivity index (χ3n) is 2.08. The SMILES string of the molecule is O=C(O)Cc1nc(CCl)c(OC(F)(F)F)cc1C(F)F. The highest BCUT2D eigenvalue weighted by molar-refractivity contribution is 6.17. The predicted molar refractivity (Wildman–Crippen MR) is 56.8 cm³/mol. The van der Waals surface area contributed by atoms with Gasteiger partial charge in [-0.3, -0.25) is 9.78 Å². The first kappa shape index (κ1) is 16.4. The van der Waals surface area contributed by atoms with Crippen LogP contribution in [0.4, 0.5) is 22.0 Å². The molecular formula is C10H7ClF5NO3. The van der Waals surface area contributed by atoms with Crippen molar-refractivity contribution in [3.8, 4) is 5.75 Å². The first-order valence-corrected chi connectivity index (χ1v) is 5.52. The van der Waals surface area contributed by atoms with Crippen LogP contribution >= 0.6 is 11.6 Å². The number of carboxylic acids is 1. The second-order valence-corrected chi connectivity index (χ2v) is 3.79. The number of aliphatic carboxylic acids is 1. The standard InChI is InChI=1S/C10H7ClF5NO3/c11-3-6-7(20-10(14,15)16)1-4(9(12)13)5(17-6)2-8(18)19/h1,9H,2-3H2,(H,18,19). The van der Waals surface area contributed by atoms with Crippen LogP contribution in [0.3, 0.4) is 0 Å². The van der Waals surface area contributed by atoms with E-state index in [4.69, 9.17) is 16.7 Å². The molecule has 0 fully saturated rings. The highest BCUT2D eigenvalue weighted by atomic mass is 35.5. The average molecular weight is 320 g/mol. The summed E-state index contributed by atoms with van der Waals surface area (Å²) in [5, 5.41) is 8.56. The molecule has 0 aromatic carbocycles. The van der Waals surface area contributed by atoms with Gasteiger partial charge in [0.05, 0.1) is 23.7 Å². The fourth-order valence-electron chi connectivity index (χ4n) is 1.37. The van der Waals surface area contributed by atoms with Crippen molar-refractivity contribution in [2.75, 3.05) is 0 Å². The number of hydrogen-bond acceptors (Lipinski definition) is 3. The Morgan fingerprint density at radius 1 is 1.40 bits per heavy atom. The van der Waals surface area contributed by atoms with E-state index in [0.29, 0.717) is 6.07 Å². The monoisotopic (exact) mass is 319 g/mol. The van der Waals surface area contributed by atoms with Crippen LogP contribution < -0.4 is 4.74 Å². The second kappa shape index (κ2) is 6.21. The number of pyridine rings is 1. The first-order valence-electron chi connectivity index (χ1n) is 4.98. The van der Waals surface area contributed by atoms with Crippen LogP contribution in [0.25, 0.3) is 0 Å². The van der Waals surface area contributed by atoms with Gasteiger partial charge >= 0.3 is 12.3 Å². The predicted octanol–water partition coefficient (Wildman–Crippen LogP) is 3.28. The lowest BCUT2D eigenvalue weighted by Crippen LogP contribution is -2.19. The van der Waals surface area contributed by atoms with Gasteiger partial charge in [0.15, 0.2) is 5.75 Å². The third kappa shape index (κ3) is 4.48. The molecular weight excluding hydrogens is 313 g/mol. The van der Waals surface area contributed by atoms with Crippen LogP contribution in [0.5, 0.6) is 5.75 Å². The average Bonchev–Trinajstić information content (AvgIpc) is 2.27. The van der Waals surface area contributed by atoms with E-state index in [1.807, 2.05) is 0 Å². The minimum Gasteiger partial charge on any atom is -0.481 e. The highest BCUT2D eigenvalue weighted by Crippen LogP contribution is 2.32. The highest BCUT2D eigenvalue weighted by Gasteiger charge is 2.33. The van der Waals surface area contributed by atoms with Crippen molar-refractivity contribution in [3.05, 3.63) is 23.0 Å². The van der Waals surface area contributed by atoms with Gasteiger partial charge in [0.25, 0.3) is 6.43 Å². The second-order valence-electron chi connectivity index (χ2n) is 3.52. The number of nitrogens with zero attached hydrogens (tertiary/aromatic N) is 1. The molecule has 1 aromatic rings. The summed E-state index contributed by atoms with van der Waals surface area (Å²) >= 11 is 5.36. The number of halogens is 6. The largest absolute Gasteiger partial charge is 0.573 e. The molecule has 0 bridgehead atoms. The van der Waals surface area contributed by atoms with Gasteiger partial charge in [-0.05, 0) is 6.07 Å². The lowest BCUT2D eigenvalue weighted by molar-refractivity contribution is -0.275. The zero-order valence-electron chi connectivity index (χ0n) is 9.55. The van der Waals surface area contributed by atoms with E-state index in [2.05, 4.69) is 9.72 Å². The van der Waals surface area contributed by atoms with Gasteiger partial charge in [-0.1, -0.05) is 0 Å². The number of rotatable bonds is 5. The summed E-state index contributed by atoms with van der Waals surface area (Å²) in [7, 11) is 0. The minimum atomic E-state index is -5.10. The quantitative estimate of drug-likeness (QED) is 0.668. The van der Waals surface area contributed by atoms with Gasteiger partial charge in [0.2, 0.25) is 0 Å². The molecule has 0 aliphatic carbocycles. The van der Waals surface area contributed by atoms with Crippen LogP contribution in [0.15, 0.2) is 6.07 Å². The molecule has 20 heavy (non-hydrogen) atoms. The van der Waals surface area contributed by atoms with E-state index in [1.54, 1.807) is 0 Å². The zero-order chi connectivity index (χ0) is 15.5. The Hall–Kier alpha value is -1.64. The minimum absolute atomic E-state index is 0.404. The molecule has 1 N–H and O–H groups in total. The molecule has 1 rings (SSSR count). The van der Waals surface area contributed by atoms with Crippen molar-refractivity contribution < 1.29 is 36.6 Å². The molecule has 1 heterocycles. The van der Waals surface area contributed by atoms with E-state index in [-0.39, 0.29) is 0 Å². The Kier molecular flexibility index (Phi) is 5.09. The maximum absolute atomic E-state index is 12.7. The van der Waals surface area contributed by atoms with Crippen molar-refractivity contribution in [2.24, 2.45) is 0 Å².